The van der Waals surface area contributed by atoms with Crippen LogP contribution in [0.15, 0.2) is 32.1 Å². The highest BCUT2D eigenvalue weighted by Crippen LogP contribution is 2.26. The van der Waals surface area contributed by atoms with Gasteiger partial charge >= 0.3 is 0 Å². The van der Waals surface area contributed by atoms with Gasteiger partial charge in [0.1, 0.15) is 0 Å². The van der Waals surface area contributed by atoms with Gasteiger partial charge in [-0.1, -0.05) is 5.16 Å². The van der Waals surface area contributed by atoms with Crippen LogP contribution in [0, 0.1) is 0 Å². The van der Waals surface area contributed by atoms with Crippen LogP contribution >= 0.6 is 15.9 Å². The van der Waals surface area contributed by atoms with Gasteiger partial charge in [0.25, 0.3) is 5.91 Å². The molecule has 2 aromatic heterocycles. The molecule has 0 aliphatic carbocycles. The molecule has 3 heterocycles. The van der Waals surface area contributed by atoms with Gasteiger partial charge in [-0.2, -0.15) is 4.98 Å². The number of aromatic nitrogens is 2. The highest BCUT2D eigenvalue weighted by molar-refractivity contribution is 9.10. The van der Waals surface area contributed by atoms with Crippen LogP contribution in [0.5, 0.6) is 0 Å². The molecule has 0 unspecified atom stereocenters. The van der Waals surface area contributed by atoms with Crippen LogP contribution in [0.4, 0.5) is 0 Å². The fraction of sp³-hybridized carbons (Fsp3) is 0.364. The SMILES string of the molecule is O=C(c1ccc(Br)o1)N1CC[C@H](c2ncon2)C1. The molecule has 0 N–H and O–H groups in total. The number of hydrogen-bond acceptors (Lipinski definition) is 5. The van der Waals surface area contributed by atoms with Crippen molar-refractivity contribution in [3.63, 3.8) is 0 Å². The summed E-state index contributed by atoms with van der Waals surface area (Å²) in [6.07, 6.45) is 2.15. The Morgan fingerprint density at radius 2 is 2.39 bits per heavy atom. The molecular formula is C11H10BrN3O3. The molecule has 1 aliphatic heterocycles. The minimum Gasteiger partial charge on any atom is -0.444 e. The Labute approximate surface area is 111 Å². The molecule has 1 atom stereocenters. The standard InChI is InChI=1S/C11H10BrN3O3/c12-9-2-1-8(18-9)11(16)15-4-3-7(5-15)10-13-6-17-14-10/h1-2,6-7H,3-5H2/t7-/m0/s1. The Morgan fingerprint density at radius 3 is 3.06 bits per heavy atom. The molecule has 1 saturated heterocycles. The molecule has 1 aliphatic rings. The van der Waals surface area contributed by atoms with E-state index in [1.165, 1.54) is 6.39 Å². The van der Waals surface area contributed by atoms with Crippen LogP contribution in [0.3, 0.4) is 0 Å². The van der Waals surface area contributed by atoms with E-state index in [-0.39, 0.29) is 11.8 Å². The van der Waals surface area contributed by atoms with E-state index in [9.17, 15) is 4.79 Å². The molecule has 0 saturated carbocycles. The van der Waals surface area contributed by atoms with Gasteiger partial charge in [-0.25, -0.2) is 0 Å². The average molecular weight is 312 g/mol. The molecule has 3 rings (SSSR count). The number of hydrogen-bond donors (Lipinski definition) is 0. The lowest BCUT2D eigenvalue weighted by Gasteiger charge is -2.13. The van der Waals surface area contributed by atoms with Gasteiger partial charge in [0.05, 0.1) is 0 Å². The maximum absolute atomic E-state index is 12.1. The van der Waals surface area contributed by atoms with Gasteiger partial charge in [0.15, 0.2) is 16.3 Å². The van der Waals surface area contributed by atoms with E-state index in [0.29, 0.717) is 29.3 Å². The summed E-state index contributed by atoms with van der Waals surface area (Å²) in [6, 6.07) is 3.37. The number of carbonyl (C=O) groups excluding carboxylic acids is 1. The van der Waals surface area contributed by atoms with Gasteiger partial charge in [-0.15, -0.1) is 0 Å². The van der Waals surface area contributed by atoms with Crippen molar-refractivity contribution in [2.45, 2.75) is 12.3 Å². The summed E-state index contributed by atoms with van der Waals surface area (Å²) >= 11 is 3.18. The van der Waals surface area contributed by atoms with Crippen molar-refractivity contribution in [3.8, 4) is 0 Å². The van der Waals surface area contributed by atoms with Gasteiger partial charge in [0.2, 0.25) is 6.39 Å². The van der Waals surface area contributed by atoms with E-state index in [1.54, 1.807) is 17.0 Å². The summed E-state index contributed by atoms with van der Waals surface area (Å²) < 4.78 is 10.5. The lowest BCUT2D eigenvalue weighted by Crippen LogP contribution is -2.28. The summed E-state index contributed by atoms with van der Waals surface area (Å²) in [5.41, 5.74) is 0. The number of carbonyl (C=O) groups is 1. The molecule has 0 bridgehead atoms. The number of rotatable bonds is 2. The van der Waals surface area contributed by atoms with E-state index in [2.05, 4.69) is 26.1 Å². The van der Waals surface area contributed by atoms with Crippen LogP contribution in [0.1, 0.15) is 28.7 Å². The lowest BCUT2D eigenvalue weighted by molar-refractivity contribution is 0.0757. The van der Waals surface area contributed by atoms with Gasteiger partial charge in [-0.3, -0.25) is 4.79 Å². The summed E-state index contributed by atoms with van der Waals surface area (Å²) in [5.74, 6) is 1.04. The average Bonchev–Trinajstić information content (AvgIpc) is 3.09. The van der Waals surface area contributed by atoms with Crippen LogP contribution < -0.4 is 0 Å². The Bertz CT molecular complexity index is 552. The number of nitrogens with zero attached hydrogens (tertiary/aromatic N) is 3. The minimum absolute atomic E-state index is 0.105. The van der Waals surface area contributed by atoms with Crippen LogP contribution in [0.2, 0.25) is 0 Å². The molecule has 0 radical (unpaired) electrons. The van der Waals surface area contributed by atoms with Crippen molar-refractivity contribution >= 4 is 21.8 Å². The molecular weight excluding hydrogens is 302 g/mol. The Balaban J connectivity index is 1.70. The summed E-state index contributed by atoms with van der Waals surface area (Å²) in [6.45, 7) is 1.27. The first-order chi connectivity index (χ1) is 8.74. The maximum atomic E-state index is 12.1. The van der Waals surface area contributed by atoms with E-state index in [1.807, 2.05) is 0 Å². The maximum Gasteiger partial charge on any atom is 0.289 e. The summed E-state index contributed by atoms with van der Waals surface area (Å²) in [5, 5.41) is 3.81. The second-order valence-corrected chi connectivity index (χ2v) is 4.91. The molecule has 7 heteroatoms. The third kappa shape index (κ3) is 2.05. The van der Waals surface area contributed by atoms with Crippen molar-refractivity contribution in [1.29, 1.82) is 0 Å². The zero-order valence-corrected chi connectivity index (χ0v) is 11.0. The number of halogens is 1. The molecule has 1 amide bonds. The lowest BCUT2D eigenvalue weighted by atomic mass is 10.1. The van der Waals surface area contributed by atoms with Crippen molar-refractivity contribution in [1.82, 2.24) is 15.0 Å². The predicted molar refractivity (Wildman–Crippen MR) is 64.0 cm³/mol. The predicted octanol–water partition coefficient (Wildman–Crippen LogP) is 2.05. The van der Waals surface area contributed by atoms with Gasteiger partial charge in [-0.05, 0) is 34.5 Å². The number of likely N-dealkylation sites (tertiary alicyclic amines) is 1. The second kappa shape index (κ2) is 4.56. The van der Waals surface area contributed by atoms with Crippen molar-refractivity contribution in [2.75, 3.05) is 13.1 Å². The topological polar surface area (TPSA) is 72.4 Å². The third-order valence-corrected chi connectivity index (χ3v) is 3.43. The van der Waals surface area contributed by atoms with Crippen LogP contribution in [-0.2, 0) is 0 Å². The highest BCUT2D eigenvalue weighted by atomic mass is 79.9. The fourth-order valence-electron chi connectivity index (χ4n) is 2.10. The van der Waals surface area contributed by atoms with Crippen molar-refractivity contribution in [3.05, 3.63) is 34.8 Å². The third-order valence-electron chi connectivity index (χ3n) is 3.00. The highest BCUT2D eigenvalue weighted by Gasteiger charge is 2.31. The first kappa shape index (κ1) is 11.5. The van der Waals surface area contributed by atoms with Crippen molar-refractivity contribution in [2.24, 2.45) is 0 Å². The van der Waals surface area contributed by atoms with Gasteiger partial charge in [0, 0.05) is 19.0 Å². The zero-order chi connectivity index (χ0) is 12.5. The smallest absolute Gasteiger partial charge is 0.289 e. The fourth-order valence-corrected chi connectivity index (χ4v) is 2.41. The number of furan rings is 1. The van der Waals surface area contributed by atoms with Crippen LogP contribution in [-0.4, -0.2) is 34.0 Å². The van der Waals surface area contributed by atoms with E-state index >= 15 is 0 Å². The molecule has 0 spiro atoms. The van der Waals surface area contributed by atoms with E-state index in [0.717, 1.165) is 6.42 Å². The normalized spacial score (nSPS) is 19.4. The molecule has 94 valence electrons. The van der Waals surface area contributed by atoms with E-state index in [4.69, 9.17) is 8.94 Å². The Hall–Kier alpha value is -1.63. The summed E-state index contributed by atoms with van der Waals surface area (Å²) in [7, 11) is 0. The quantitative estimate of drug-likeness (QED) is 0.848. The Morgan fingerprint density at radius 1 is 1.50 bits per heavy atom. The second-order valence-electron chi connectivity index (χ2n) is 4.13. The van der Waals surface area contributed by atoms with E-state index < -0.39 is 0 Å². The molecule has 18 heavy (non-hydrogen) atoms. The Kier molecular flexibility index (Phi) is 2.91. The summed E-state index contributed by atoms with van der Waals surface area (Å²) in [4.78, 5) is 17.9. The zero-order valence-electron chi connectivity index (χ0n) is 9.38. The van der Waals surface area contributed by atoms with Crippen LogP contribution in [0.25, 0.3) is 0 Å². The first-order valence-corrected chi connectivity index (χ1v) is 6.34. The first-order valence-electron chi connectivity index (χ1n) is 5.55. The molecule has 0 aromatic carbocycles. The monoisotopic (exact) mass is 311 g/mol. The molecule has 1 fully saturated rings. The molecule has 2 aromatic rings. The molecule has 6 nitrogen and oxygen atoms in total. The minimum atomic E-state index is -0.105. The number of amides is 1. The van der Waals surface area contributed by atoms with Crippen molar-refractivity contribution < 1.29 is 13.7 Å². The van der Waals surface area contributed by atoms with Gasteiger partial charge < -0.3 is 13.8 Å². The largest absolute Gasteiger partial charge is 0.444 e.